The van der Waals surface area contributed by atoms with Crippen LogP contribution in [0.1, 0.15) is 30.0 Å². The SMILES string of the molecule is Cc1nc(CSc2ccc(F)cc2)ncc1[C@@H](C)N. The van der Waals surface area contributed by atoms with E-state index in [1.165, 1.54) is 12.1 Å². The highest BCUT2D eigenvalue weighted by Crippen LogP contribution is 2.22. The molecule has 100 valence electrons. The van der Waals surface area contributed by atoms with Crippen LogP contribution in [0, 0.1) is 12.7 Å². The van der Waals surface area contributed by atoms with Gasteiger partial charge in [-0.1, -0.05) is 0 Å². The molecule has 2 rings (SSSR count). The van der Waals surface area contributed by atoms with Gasteiger partial charge in [0.2, 0.25) is 0 Å². The fourth-order valence-corrected chi connectivity index (χ4v) is 2.48. The van der Waals surface area contributed by atoms with Crippen LogP contribution < -0.4 is 5.73 Å². The third-order valence-corrected chi connectivity index (χ3v) is 3.75. The van der Waals surface area contributed by atoms with Gasteiger partial charge in [-0.25, -0.2) is 14.4 Å². The molecule has 0 bridgehead atoms. The maximum atomic E-state index is 12.8. The average Bonchev–Trinajstić information content (AvgIpc) is 2.37. The summed E-state index contributed by atoms with van der Waals surface area (Å²) in [5.74, 6) is 1.19. The van der Waals surface area contributed by atoms with E-state index in [0.717, 1.165) is 22.0 Å². The zero-order chi connectivity index (χ0) is 13.8. The van der Waals surface area contributed by atoms with E-state index in [1.54, 1.807) is 30.1 Å². The Kier molecular flexibility index (Phi) is 4.50. The number of halogens is 1. The molecule has 2 aromatic rings. The van der Waals surface area contributed by atoms with E-state index in [-0.39, 0.29) is 11.9 Å². The molecule has 3 nitrogen and oxygen atoms in total. The maximum absolute atomic E-state index is 12.8. The second-order valence-corrected chi connectivity index (χ2v) is 5.41. The quantitative estimate of drug-likeness (QED) is 0.872. The van der Waals surface area contributed by atoms with Crippen LogP contribution in [0.15, 0.2) is 35.4 Å². The minimum absolute atomic E-state index is 0.0567. The second kappa shape index (κ2) is 6.12. The first-order valence-corrected chi connectivity index (χ1v) is 7.01. The van der Waals surface area contributed by atoms with Gasteiger partial charge in [0, 0.05) is 28.4 Å². The van der Waals surface area contributed by atoms with Crippen LogP contribution in [-0.2, 0) is 5.75 Å². The van der Waals surface area contributed by atoms with Gasteiger partial charge in [0.1, 0.15) is 11.6 Å². The largest absolute Gasteiger partial charge is 0.324 e. The summed E-state index contributed by atoms with van der Waals surface area (Å²) in [5, 5.41) is 0. The Bertz CT molecular complexity index is 555. The molecule has 0 spiro atoms. The lowest BCUT2D eigenvalue weighted by atomic mass is 10.1. The molecular formula is C14H16FN3S. The van der Waals surface area contributed by atoms with Crippen molar-refractivity contribution in [2.75, 3.05) is 0 Å². The second-order valence-electron chi connectivity index (χ2n) is 4.36. The molecule has 0 aliphatic rings. The molecule has 0 fully saturated rings. The number of aryl methyl sites for hydroxylation is 1. The Morgan fingerprint density at radius 1 is 1.32 bits per heavy atom. The van der Waals surface area contributed by atoms with Crippen molar-refractivity contribution >= 4 is 11.8 Å². The fraction of sp³-hybridized carbons (Fsp3) is 0.286. The molecule has 2 N–H and O–H groups in total. The average molecular weight is 277 g/mol. The summed E-state index contributed by atoms with van der Waals surface area (Å²) in [6.45, 7) is 3.85. The molecule has 0 aliphatic heterocycles. The van der Waals surface area contributed by atoms with Crippen molar-refractivity contribution in [2.45, 2.75) is 30.5 Å². The van der Waals surface area contributed by atoms with E-state index in [2.05, 4.69) is 9.97 Å². The molecule has 0 amide bonds. The van der Waals surface area contributed by atoms with E-state index in [4.69, 9.17) is 5.73 Å². The molecular weight excluding hydrogens is 261 g/mol. The highest BCUT2D eigenvalue weighted by atomic mass is 32.2. The first kappa shape index (κ1) is 14.0. The summed E-state index contributed by atoms with van der Waals surface area (Å²) in [4.78, 5) is 9.75. The smallest absolute Gasteiger partial charge is 0.138 e. The molecule has 1 atom stereocenters. The van der Waals surface area contributed by atoms with Crippen LogP contribution in [0.4, 0.5) is 4.39 Å². The molecule has 5 heteroatoms. The summed E-state index contributed by atoms with van der Waals surface area (Å²) in [7, 11) is 0. The van der Waals surface area contributed by atoms with Crippen molar-refractivity contribution in [3.8, 4) is 0 Å². The molecule has 1 heterocycles. The van der Waals surface area contributed by atoms with Gasteiger partial charge in [-0.15, -0.1) is 11.8 Å². The van der Waals surface area contributed by atoms with Crippen LogP contribution >= 0.6 is 11.8 Å². The van der Waals surface area contributed by atoms with Crippen molar-refractivity contribution < 1.29 is 4.39 Å². The lowest BCUT2D eigenvalue weighted by Crippen LogP contribution is -2.10. The van der Waals surface area contributed by atoms with E-state index < -0.39 is 0 Å². The predicted molar refractivity (Wildman–Crippen MR) is 75.3 cm³/mol. The summed E-state index contributed by atoms with van der Waals surface area (Å²) < 4.78 is 12.8. The van der Waals surface area contributed by atoms with E-state index >= 15 is 0 Å². The minimum atomic E-state index is -0.224. The van der Waals surface area contributed by atoms with Crippen molar-refractivity contribution in [3.63, 3.8) is 0 Å². The Balaban J connectivity index is 2.04. The third kappa shape index (κ3) is 3.75. The van der Waals surface area contributed by atoms with Gasteiger partial charge in [-0.05, 0) is 38.1 Å². The molecule has 1 aromatic heterocycles. The van der Waals surface area contributed by atoms with Crippen molar-refractivity contribution in [1.29, 1.82) is 0 Å². The summed E-state index contributed by atoms with van der Waals surface area (Å²) >= 11 is 1.58. The van der Waals surface area contributed by atoms with Gasteiger partial charge in [-0.2, -0.15) is 0 Å². The maximum Gasteiger partial charge on any atom is 0.138 e. The van der Waals surface area contributed by atoms with Crippen LogP contribution in [0.5, 0.6) is 0 Å². The summed E-state index contributed by atoms with van der Waals surface area (Å²) in [6.07, 6.45) is 1.79. The number of hydrogen-bond acceptors (Lipinski definition) is 4. The monoisotopic (exact) mass is 277 g/mol. The van der Waals surface area contributed by atoms with Gasteiger partial charge < -0.3 is 5.73 Å². The highest BCUT2D eigenvalue weighted by molar-refractivity contribution is 7.98. The first-order chi connectivity index (χ1) is 9.06. The number of aromatic nitrogens is 2. The number of nitrogens with two attached hydrogens (primary N) is 1. The van der Waals surface area contributed by atoms with Gasteiger partial charge in [0.15, 0.2) is 0 Å². The van der Waals surface area contributed by atoms with Crippen molar-refractivity contribution in [1.82, 2.24) is 9.97 Å². The normalized spacial score (nSPS) is 12.4. The molecule has 0 saturated carbocycles. The third-order valence-electron chi connectivity index (χ3n) is 2.74. The molecule has 0 aliphatic carbocycles. The lowest BCUT2D eigenvalue weighted by Gasteiger charge is -2.09. The number of benzene rings is 1. The fourth-order valence-electron chi connectivity index (χ4n) is 1.72. The Morgan fingerprint density at radius 2 is 2.00 bits per heavy atom. The Hall–Kier alpha value is -1.46. The zero-order valence-electron chi connectivity index (χ0n) is 10.9. The Morgan fingerprint density at radius 3 is 2.58 bits per heavy atom. The predicted octanol–water partition coefficient (Wildman–Crippen LogP) is 3.24. The lowest BCUT2D eigenvalue weighted by molar-refractivity contribution is 0.626. The number of thioether (sulfide) groups is 1. The molecule has 0 unspecified atom stereocenters. The molecule has 0 saturated heterocycles. The first-order valence-electron chi connectivity index (χ1n) is 6.02. The number of nitrogens with zero attached hydrogens (tertiary/aromatic N) is 2. The van der Waals surface area contributed by atoms with Gasteiger partial charge >= 0.3 is 0 Å². The van der Waals surface area contributed by atoms with Crippen molar-refractivity contribution in [3.05, 3.63) is 53.4 Å². The molecule has 1 aromatic carbocycles. The van der Waals surface area contributed by atoms with Crippen LogP contribution in [0.25, 0.3) is 0 Å². The molecule has 19 heavy (non-hydrogen) atoms. The van der Waals surface area contributed by atoms with E-state index in [0.29, 0.717) is 5.75 Å². The standard InChI is InChI=1S/C14H16FN3S/c1-9(16)13-7-17-14(18-10(13)2)8-19-12-5-3-11(15)4-6-12/h3-7,9H,8,16H2,1-2H3/t9-/m1/s1. The van der Waals surface area contributed by atoms with E-state index in [9.17, 15) is 4.39 Å². The Labute approximate surface area is 116 Å². The zero-order valence-corrected chi connectivity index (χ0v) is 11.7. The molecule has 0 radical (unpaired) electrons. The van der Waals surface area contributed by atoms with Gasteiger partial charge in [0.25, 0.3) is 0 Å². The summed E-state index contributed by atoms with van der Waals surface area (Å²) in [6, 6.07) is 6.35. The van der Waals surface area contributed by atoms with Crippen LogP contribution in [-0.4, -0.2) is 9.97 Å². The number of rotatable bonds is 4. The number of hydrogen-bond donors (Lipinski definition) is 1. The summed E-state index contributed by atoms with van der Waals surface area (Å²) in [5.41, 5.74) is 7.71. The van der Waals surface area contributed by atoms with Crippen LogP contribution in [0.2, 0.25) is 0 Å². The van der Waals surface area contributed by atoms with Gasteiger partial charge in [0.05, 0.1) is 5.75 Å². The van der Waals surface area contributed by atoms with Gasteiger partial charge in [-0.3, -0.25) is 0 Å². The van der Waals surface area contributed by atoms with Crippen molar-refractivity contribution in [2.24, 2.45) is 5.73 Å². The topological polar surface area (TPSA) is 51.8 Å². The minimum Gasteiger partial charge on any atom is -0.324 e. The van der Waals surface area contributed by atoms with Crippen LogP contribution in [0.3, 0.4) is 0 Å². The highest BCUT2D eigenvalue weighted by Gasteiger charge is 2.07. The van der Waals surface area contributed by atoms with E-state index in [1.807, 2.05) is 13.8 Å².